The van der Waals surface area contributed by atoms with E-state index in [9.17, 15) is 9.59 Å². The second kappa shape index (κ2) is 7.10. The van der Waals surface area contributed by atoms with Crippen LogP contribution in [0.1, 0.15) is 31.0 Å². The maximum Gasteiger partial charge on any atom is 0.336 e. The quantitative estimate of drug-likeness (QED) is 0.492. The molecule has 2 aromatic rings. The maximum absolute atomic E-state index is 12.7. The number of anilines is 1. The van der Waals surface area contributed by atoms with Crippen molar-refractivity contribution in [3.8, 4) is 0 Å². The topological polar surface area (TPSA) is 97.0 Å². The van der Waals surface area contributed by atoms with Gasteiger partial charge < -0.3 is 15.0 Å². The van der Waals surface area contributed by atoms with Crippen LogP contribution in [0.15, 0.2) is 45.6 Å². The van der Waals surface area contributed by atoms with E-state index in [0.29, 0.717) is 33.5 Å². The number of esters is 1. The van der Waals surface area contributed by atoms with E-state index in [1.807, 2.05) is 12.3 Å². The number of H-pyrrole nitrogens is 1. The molecule has 0 aliphatic carbocycles. The molecule has 0 fully saturated rings. The molecule has 1 aliphatic rings. The van der Waals surface area contributed by atoms with E-state index >= 15 is 0 Å². The van der Waals surface area contributed by atoms with Crippen LogP contribution in [0.5, 0.6) is 0 Å². The second-order valence-electron chi connectivity index (χ2n) is 5.41. The third-order valence-electron chi connectivity index (χ3n) is 3.89. The summed E-state index contributed by atoms with van der Waals surface area (Å²) < 4.78 is 5.20. The number of ether oxygens (including phenoxy) is 1. The lowest BCUT2D eigenvalue weighted by molar-refractivity contribution is -0.138. The van der Waals surface area contributed by atoms with E-state index < -0.39 is 11.9 Å². The Hall–Kier alpha value is -2.61. The van der Waals surface area contributed by atoms with E-state index in [1.54, 1.807) is 32.2 Å². The lowest BCUT2D eigenvalue weighted by atomic mass is 9.85. The normalized spacial score (nSPS) is 16.2. The molecule has 0 unspecified atom stereocenters. The van der Waals surface area contributed by atoms with Crippen LogP contribution in [0, 0.1) is 0 Å². The first-order valence-electron chi connectivity index (χ1n) is 7.80. The molecular formula is C17H18N4O3S. The summed E-state index contributed by atoms with van der Waals surface area (Å²) in [7, 11) is 0. The van der Waals surface area contributed by atoms with Crippen LogP contribution in [0.4, 0.5) is 5.82 Å². The van der Waals surface area contributed by atoms with Crippen molar-refractivity contribution in [2.75, 3.05) is 18.2 Å². The fraction of sp³-hybridized carbons (Fsp3) is 0.294. The molecular weight excluding hydrogens is 340 g/mol. The van der Waals surface area contributed by atoms with Crippen LogP contribution < -0.4 is 10.9 Å². The summed E-state index contributed by atoms with van der Waals surface area (Å²) >= 11 is 1.34. The van der Waals surface area contributed by atoms with Crippen molar-refractivity contribution in [3.63, 3.8) is 0 Å². The highest BCUT2D eigenvalue weighted by molar-refractivity contribution is 7.98. The number of aromatic nitrogens is 3. The first-order valence-corrected chi connectivity index (χ1v) is 9.03. The average Bonchev–Trinajstić information content (AvgIpc) is 2.61. The van der Waals surface area contributed by atoms with Gasteiger partial charge in [0.05, 0.1) is 29.4 Å². The number of allylic oxidation sites excluding steroid dienone is 1. The van der Waals surface area contributed by atoms with E-state index in [2.05, 4.69) is 20.3 Å². The Balaban J connectivity index is 2.25. The Labute approximate surface area is 148 Å². The zero-order valence-corrected chi connectivity index (χ0v) is 14.9. The Morgan fingerprint density at radius 2 is 2.20 bits per heavy atom. The van der Waals surface area contributed by atoms with Crippen molar-refractivity contribution in [1.29, 1.82) is 0 Å². The van der Waals surface area contributed by atoms with Crippen LogP contribution in [-0.4, -0.2) is 33.8 Å². The molecule has 7 nitrogen and oxygen atoms in total. The lowest BCUT2D eigenvalue weighted by Gasteiger charge is -2.28. The van der Waals surface area contributed by atoms with E-state index in [4.69, 9.17) is 4.74 Å². The van der Waals surface area contributed by atoms with Crippen LogP contribution in [0.3, 0.4) is 0 Å². The molecule has 3 heterocycles. The Morgan fingerprint density at radius 3 is 2.84 bits per heavy atom. The van der Waals surface area contributed by atoms with Crippen molar-refractivity contribution in [2.24, 2.45) is 0 Å². The molecule has 1 atom stereocenters. The highest BCUT2D eigenvalue weighted by atomic mass is 32.2. The highest BCUT2D eigenvalue weighted by Crippen LogP contribution is 2.39. The van der Waals surface area contributed by atoms with Crippen molar-refractivity contribution < 1.29 is 9.53 Å². The van der Waals surface area contributed by atoms with Gasteiger partial charge in [-0.05, 0) is 32.2 Å². The summed E-state index contributed by atoms with van der Waals surface area (Å²) in [5.74, 6) is -0.667. The molecule has 1 aliphatic heterocycles. The summed E-state index contributed by atoms with van der Waals surface area (Å²) in [6, 6.07) is 5.39. The van der Waals surface area contributed by atoms with Crippen LogP contribution in [-0.2, 0) is 9.53 Å². The van der Waals surface area contributed by atoms with Gasteiger partial charge in [0, 0.05) is 11.9 Å². The van der Waals surface area contributed by atoms with Gasteiger partial charge in [-0.1, -0.05) is 17.8 Å². The minimum absolute atomic E-state index is 0.247. The van der Waals surface area contributed by atoms with Gasteiger partial charge in [0.2, 0.25) is 0 Å². The van der Waals surface area contributed by atoms with Gasteiger partial charge in [0.25, 0.3) is 5.56 Å². The Kier molecular flexibility index (Phi) is 4.89. The van der Waals surface area contributed by atoms with Crippen molar-refractivity contribution >= 4 is 23.5 Å². The van der Waals surface area contributed by atoms with E-state index in [0.717, 1.165) is 0 Å². The number of thioether (sulfide) groups is 1. The lowest BCUT2D eigenvalue weighted by Crippen LogP contribution is -2.31. The van der Waals surface area contributed by atoms with Crippen molar-refractivity contribution in [1.82, 2.24) is 15.0 Å². The average molecular weight is 358 g/mol. The summed E-state index contributed by atoms with van der Waals surface area (Å²) in [6.07, 6.45) is 3.46. The first-order chi connectivity index (χ1) is 12.1. The van der Waals surface area contributed by atoms with Crippen LogP contribution in [0.2, 0.25) is 0 Å². The van der Waals surface area contributed by atoms with Crippen molar-refractivity contribution in [3.05, 3.63) is 57.3 Å². The Bertz CT molecular complexity index is 893. The number of nitrogens with zero attached hydrogens (tertiary/aromatic N) is 2. The fourth-order valence-electron chi connectivity index (χ4n) is 2.85. The minimum Gasteiger partial charge on any atom is -0.463 e. The summed E-state index contributed by atoms with van der Waals surface area (Å²) in [5.41, 5.74) is 1.64. The molecule has 25 heavy (non-hydrogen) atoms. The van der Waals surface area contributed by atoms with Gasteiger partial charge in [0.15, 0.2) is 5.16 Å². The molecule has 0 saturated carbocycles. The second-order valence-corrected chi connectivity index (χ2v) is 6.20. The van der Waals surface area contributed by atoms with Gasteiger partial charge in [-0.2, -0.15) is 0 Å². The number of rotatable bonds is 4. The van der Waals surface area contributed by atoms with Crippen molar-refractivity contribution in [2.45, 2.75) is 24.9 Å². The molecule has 0 bridgehead atoms. The molecule has 0 aromatic carbocycles. The largest absolute Gasteiger partial charge is 0.463 e. The van der Waals surface area contributed by atoms with Gasteiger partial charge in [-0.25, -0.2) is 9.78 Å². The molecule has 0 radical (unpaired) electrons. The minimum atomic E-state index is -0.636. The SMILES string of the molecule is CCOC(=O)C1=C(C)Nc2nc(SC)[nH]c(=O)c2[C@@H]1c1ccccn1. The van der Waals surface area contributed by atoms with E-state index in [-0.39, 0.29) is 12.2 Å². The number of hydrogen-bond donors (Lipinski definition) is 2. The predicted octanol–water partition coefficient (Wildman–Crippen LogP) is 2.28. The zero-order chi connectivity index (χ0) is 18.0. The molecule has 3 rings (SSSR count). The predicted molar refractivity (Wildman–Crippen MR) is 95.7 cm³/mol. The molecule has 8 heteroatoms. The van der Waals surface area contributed by atoms with Gasteiger partial charge in [-0.15, -0.1) is 0 Å². The number of carbonyl (C=O) groups excluding carboxylic acids is 1. The Morgan fingerprint density at radius 1 is 1.40 bits per heavy atom. The number of carbonyl (C=O) groups is 1. The number of nitrogens with one attached hydrogen (secondary N) is 2. The van der Waals surface area contributed by atoms with Gasteiger partial charge in [-0.3, -0.25) is 9.78 Å². The van der Waals surface area contributed by atoms with Gasteiger partial charge >= 0.3 is 5.97 Å². The summed E-state index contributed by atoms with van der Waals surface area (Å²) in [5, 5.41) is 3.57. The van der Waals surface area contributed by atoms with Gasteiger partial charge in [0.1, 0.15) is 5.82 Å². The summed E-state index contributed by atoms with van der Waals surface area (Å²) in [4.78, 5) is 36.8. The number of fused-ring (bicyclic) bond motifs is 1. The number of pyridine rings is 1. The smallest absolute Gasteiger partial charge is 0.336 e. The highest BCUT2D eigenvalue weighted by Gasteiger charge is 2.37. The fourth-order valence-corrected chi connectivity index (χ4v) is 3.23. The molecule has 2 N–H and O–H groups in total. The summed E-state index contributed by atoms with van der Waals surface area (Å²) in [6.45, 7) is 3.76. The third kappa shape index (κ3) is 3.17. The number of aromatic amines is 1. The molecule has 0 saturated heterocycles. The molecule has 0 amide bonds. The van der Waals surface area contributed by atoms with Crippen LogP contribution in [0.25, 0.3) is 0 Å². The maximum atomic E-state index is 12.7. The zero-order valence-electron chi connectivity index (χ0n) is 14.1. The standard InChI is InChI=1S/C17H18N4O3S/c1-4-24-16(23)11-9(2)19-14-13(15(22)21-17(20-14)25-3)12(11)10-7-5-6-8-18-10/h5-8,12H,4H2,1-3H3,(H2,19,20,21,22)/t12-/m1/s1. The number of hydrogen-bond acceptors (Lipinski definition) is 7. The molecule has 130 valence electrons. The monoisotopic (exact) mass is 358 g/mol. The van der Waals surface area contributed by atoms with Crippen LogP contribution >= 0.6 is 11.8 Å². The molecule has 2 aromatic heterocycles. The van der Waals surface area contributed by atoms with E-state index in [1.165, 1.54) is 11.8 Å². The molecule has 0 spiro atoms. The first kappa shape index (κ1) is 17.2. The third-order valence-corrected chi connectivity index (χ3v) is 4.47.